The maximum atomic E-state index is 11.8. The highest BCUT2D eigenvalue weighted by Gasteiger charge is 2.23. The molecule has 1 atom stereocenters. The molecule has 0 radical (unpaired) electrons. The molecule has 5 heteroatoms. The van der Waals surface area contributed by atoms with Crippen molar-refractivity contribution in [1.82, 2.24) is 4.90 Å². The van der Waals surface area contributed by atoms with Crippen molar-refractivity contribution in [2.75, 3.05) is 19.7 Å². The third-order valence-electron chi connectivity index (χ3n) is 3.88. The SMILES string of the molecule is NC1CCCN(C(=O)OCC2CCCCC2)C1.[Cl-].[H+]. The predicted octanol–water partition coefficient (Wildman–Crippen LogP) is -0.757. The van der Waals surface area contributed by atoms with Gasteiger partial charge in [-0.15, -0.1) is 0 Å². The van der Waals surface area contributed by atoms with Crippen molar-refractivity contribution in [1.29, 1.82) is 0 Å². The second kappa shape index (κ2) is 7.85. The summed E-state index contributed by atoms with van der Waals surface area (Å²) in [5, 5.41) is 0. The first kappa shape index (κ1) is 15.6. The highest BCUT2D eigenvalue weighted by Crippen LogP contribution is 2.24. The number of rotatable bonds is 2. The van der Waals surface area contributed by atoms with Gasteiger partial charge in [-0.05, 0) is 31.6 Å². The maximum absolute atomic E-state index is 11.8. The largest absolute Gasteiger partial charge is 1.00 e. The van der Waals surface area contributed by atoms with Crippen LogP contribution in [0, 0.1) is 5.92 Å². The summed E-state index contributed by atoms with van der Waals surface area (Å²) < 4.78 is 5.40. The summed E-state index contributed by atoms with van der Waals surface area (Å²) in [7, 11) is 0. The van der Waals surface area contributed by atoms with E-state index in [2.05, 4.69) is 0 Å². The Balaban J connectivity index is 0.00000162. The van der Waals surface area contributed by atoms with Crippen LogP contribution in [0.3, 0.4) is 0 Å². The van der Waals surface area contributed by atoms with Crippen molar-refractivity contribution in [2.45, 2.75) is 51.0 Å². The Bertz CT molecular complexity index is 263. The average molecular weight is 277 g/mol. The van der Waals surface area contributed by atoms with E-state index in [1.165, 1.54) is 32.1 Å². The van der Waals surface area contributed by atoms with E-state index in [0.717, 1.165) is 19.4 Å². The molecule has 1 unspecified atom stereocenters. The molecular formula is C13H25ClN2O2. The van der Waals surface area contributed by atoms with Crippen LogP contribution in [-0.2, 0) is 4.74 Å². The van der Waals surface area contributed by atoms with E-state index in [4.69, 9.17) is 10.5 Å². The van der Waals surface area contributed by atoms with Crippen LogP contribution in [0.5, 0.6) is 0 Å². The highest BCUT2D eigenvalue weighted by atomic mass is 35.5. The number of halogens is 1. The first-order valence-electron chi connectivity index (χ1n) is 6.93. The Morgan fingerprint density at radius 1 is 1.22 bits per heavy atom. The molecule has 18 heavy (non-hydrogen) atoms. The maximum Gasteiger partial charge on any atom is 1.00 e. The van der Waals surface area contributed by atoms with Crippen LogP contribution in [0.15, 0.2) is 0 Å². The van der Waals surface area contributed by atoms with Gasteiger partial charge in [-0.25, -0.2) is 4.79 Å². The van der Waals surface area contributed by atoms with Crippen molar-refractivity contribution < 1.29 is 23.4 Å². The molecule has 2 aliphatic rings. The molecule has 0 aromatic carbocycles. The van der Waals surface area contributed by atoms with Gasteiger partial charge < -0.3 is 27.8 Å². The molecule has 1 amide bonds. The van der Waals surface area contributed by atoms with Crippen LogP contribution < -0.4 is 18.1 Å². The molecule has 2 rings (SSSR count). The van der Waals surface area contributed by atoms with Gasteiger partial charge in [0, 0.05) is 19.1 Å². The topological polar surface area (TPSA) is 55.6 Å². The van der Waals surface area contributed by atoms with Gasteiger partial charge in [0.1, 0.15) is 0 Å². The molecule has 2 fully saturated rings. The molecule has 0 bridgehead atoms. The van der Waals surface area contributed by atoms with E-state index in [1.807, 2.05) is 0 Å². The number of nitrogens with two attached hydrogens (primary N) is 1. The van der Waals surface area contributed by atoms with E-state index in [-0.39, 0.29) is 26.0 Å². The summed E-state index contributed by atoms with van der Waals surface area (Å²) >= 11 is 0. The first-order valence-corrected chi connectivity index (χ1v) is 6.93. The predicted molar refractivity (Wildman–Crippen MR) is 67.8 cm³/mol. The summed E-state index contributed by atoms with van der Waals surface area (Å²) in [6.07, 6.45) is 8.20. The minimum absolute atomic E-state index is 0. The normalized spacial score (nSPS) is 25.4. The van der Waals surface area contributed by atoms with Gasteiger partial charge in [-0.2, -0.15) is 0 Å². The molecule has 0 aromatic rings. The minimum Gasteiger partial charge on any atom is -1.00 e. The van der Waals surface area contributed by atoms with Gasteiger partial charge in [0.2, 0.25) is 0 Å². The standard InChI is InChI=1S/C13H24N2O2.ClH/c14-12-7-4-8-15(9-12)13(16)17-10-11-5-2-1-3-6-11;/h11-12H,1-10,14H2;1H. The molecule has 2 N–H and O–H groups in total. The fourth-order valence-electron chi connectivity index (χ4n) is 2.81. The van der Waals surface area contributed by atoms with E-state index >= 15 is 0 Å². The number of carbonyl (C=O) groups excluding carboxylic acids is 1. The van der Waals surface area contributed by atoms with Crippen molar-refractivity contribution in [3.8, 4) is 0 Å². The molecule has 1 saturated carbocycles. The van der Waals surface area contributed by atoms with E-state index in [0.29, 0.717) is 19.1 Å². The smallest absolute Gasteiger partial charge is 1.00 e. The third-order valence-corrected chi connectivity index (χ3v) is 3.88. The molecule has 0 spiro atoms. The Morgan fingerprint density at radius 3 is 2.61 bits per heavy atom. The number of amides is 1. The summed E-state index contributed by atoms with van der Waals surface area (Å²) in [6.45, 7) is 2.06. The number of hydrogen-bond acceptors (Lipinski definition) is 3. The lowest BCUT2D eigenvalue weighted by atomic mass is 9.90. The van der Waals surface area contributed by atoms with Crippen molar-refractivity contribution >= 4 is 6.09 Å². The van der Waals surface area contributed by atoms with Gasteiger partial charge in [0.25, 0.3) is 0 Å². The fourth-order valence-corrected chi connectivity index (χ4v) is 2.81. The Kier molecular flexibility index (Phi) is 6.79. The zero-order valence-corrected chi connectivity index (χ0v) is 11.7. The molecule has 106 valence electrons. The number of ether oxygens (including phenoxy) is 1. The molecule has 1 saturated heterocycles. The van der Waals surface area contributed by atoms with Crippen molar-refractivity contribution in [3.63, 3.8) is 0 Å². The van der Waals surface area contributed by atoms with Crippen LogP contribution in [-0.4, -0.2) is 36.7 Å². The van der Waals surface area contributed by atoms with Gasteiger partial charge in [0.15, 0.2) is 0 Å². The summed E-state index contributed by atoms with van der Waals surface area (Å²) in [6, 6.07) is 0.131. The van der Waals surface area contributed by atoms with Crippen LogP contribution in [0.1, 0.15) is 46.4 Å². The summed E-state index contributed by atoms with van der Waals surface area (Å²) in [5.74, 6) is 0.589. The lowest BCUT2D eigenvalue weighted by Gasteiger charge is -2.30. The average Bonchev–Trinajstić information content (AvgIpc) is 2.37. The monoisotopic (exact) mass is 276 g/mol. The highest BCUT2D eigenvalue weighted by molar-refractivity contribution is 5.67. The molecule has 4 nitrogen and oxygen atoms in total. The van der Waals surface area contributed by atoms with Gasteiger partial charge in [0.05, 0.1) is 6.61 Å². The van der Waals surface area contributed by atoms with Crippen LogP contribution in [0.2, 0.25) is 0 Å². The van der Waals surface area contributed by atoms with Crippen molar-refractivity contribution in [3.05, 3.63) is 0 Å². The molecule has 1 heterocycles. The van der Waals surface area contributed by atoms with Crippen LogP contribution in [0.4, 0.5) is 4.79 Å². The minimum atomic E-state index is -0.161. The first-order chi connectivity index (χ1) is 8.25. The number of carbonyl (C=O) groups is 1. The molecule has 0 aromatic heterocycles. The van der Waals surface area contributed by atoms with E-state index < -0.39 is 0 Å². The zero-order chi connectivity index (χ0) is 12.1. The second-order valence-electron chi connectivity index (χ2n) is 5.43. The number of hydrogen-bond donors (Lipinski definition) is 1. The summed E-state index contributed by atoms with van der Waals surface area (Å²) in [4.78, 5) is 13.6. The molecule has 1 aliphatic heterocycles. The van der Waals surface area contributed by atoms with Gasteiger partial charge in [-0.3, -0.25) is 0 Å². The van der Waals surface area contributed by atoms with Gasteiger partial charge in [-0.1, -0.05) is 19.3 Å². The van der Waals surface area contributed by atoms with Crippen LogP contribution >= 0.6 is 0 Å². The zero-order valence-electron chi connectivity index (χ0n) is 11.9. The quantitative estimate of drug-likeness (QED) is 0.722. The van der Waals surface area contributed by atoms with Crippen LogP contribution in [0.25, 0.3) is 0 Å². The second-order valence-corrected chi connectivity index (χ2v) is 5.43. The fraction of sp³-hybridized carbons (Fsp3) is 0.923. The molecular weight excluding hydrogens is 252 g/mol. The lowest BCUT2D eigenvalue weighted by molar-refractivity contribution is -0.0000115. The van der Waals surface area contributed by atoms with Gasteiger partial charge >= 0.3 is 7.52 Å². The third kappa shape index (κ3) is 4.65. The number of piperidine rings is 1. The lowest BCUT2D eigenvalue weighted by Crippen LogP contribution is -3.00. The Labute approximate surface area is 117 Å². The van der Waals surface area contributed by atoms with E-state index in [9.17, 15) is 4.79 Å². The Morgan fingerprint density at radius 2 is 1.94 bits per heavy atom. The van der Waals surface area contributed by atoms with Crippen molar-refractivity contribution in [2.24, 2.45) is 11.7 Å². The number of likely N-dealkylation sites (tertiary alicyclic amines) is 1. The van der Waals surface area contributed by atoms with E-state index in [1.54, 1.807) is 4.90 Å². The molecule has 1 aliphatic carbocycles. The summed E-state index contributed by atoms with van der Waals surface area (Å²) in [5.41, 5.74) is 5.85. The Hall–Kier alpha value is -0.480. The number of nitrogens with zero attached hydrogens (tertiary/aromatic N) is 1.